The van der Waals surface area contributed by atoms with Gasteiger partial charge in [-0.1, -0.05) is 19.9 Å². The van der Waals surface area contributed by atoms with Crippen LogP contribution in [0.25, 0.3) is 0 Å². The first kappa shape index (κ1) is 23.7. The largest absolute Gasteiger partial charge is 0.495 e. The van der Waals surface area contributed by atoms with Crippen molar-refractivity contribution in [1.29, 1.82) is 0 Å². The molecular weight excluding hydrogens is 430 g/mol. The van der Waals surface area contributed by atoms with E-state index in [1.54, 1.807) is 43.0 Å². The lowest BCUT2D eigenvalue weighted by Gasteiger charge is -2.22. The lowest BCUT2D eigenvalue weighted by atomic mass is 10.0. The van der Waals surface area contributed by atoms with Gasteiger partial charge >= 0.3 is 0 Å². The molecule has 9 heteroatoms. The molecular formula is C23H29N3O5S. The molecule has 2 N–H and O–H groups in total. The molecule has 0 radical (unpaired) electrons. The van der Waals surface area contributed by atoms with Gasteiger partial charge in [0.25, 0.3) is 0 Å². The van der Waals surface area contributed by atoms with Crippen molar-refractivity contribution in [3.63, 3.8) is 0 Å². The highest BCUT2D eigenvalue weighted by molar-refractivity contribution is 7.89. The minimum atomic E-state index is -3.97. The molecule has 1 atom stereocenters. The van der Waals surface area contributed by atoms with Crippen LogP contribution in [0.3, 0.4) is 0 Å². The number of nitrogens with zero attached hydrogens (tertiary/aromatic N) is 1. The summed E-state index contributed by atoms with van der Waals surface area (Å²) in [6.45, 7) is 7.44. The highest BCUT2D eigenvalue weighted by atomic mass is 32.2. The number of rotatable bonds is 7. The van der Waals surface area contributed by atoms with Gasteiger partial charge in [0.1, 0.15) is 11.8 Å². The number of carbonyl (C=O) groups excluding carboxylic acids is 2. The molecule has 172 valence electrons. The van der Waals surface area contributed by atoms with Gasteiger partial charge in [-0.05, 0) is 60.7 Å². The molecule has 1 aliphatic heterocycles. The van der Waals surface area contributed by atoms with E-state index in [-0.39, 0.29) is 16.7 Å². The van der Waals surface area contributed by atoms with E-state index in [1.807, 2.05) is 13.0 Å². The molecule has 3 rings (SSSR count). The predicted molar refractivity (Wildman–Crippen MR) is 123 cm³/mol. The number of carbonyl (C=O) groups is 2. The molecule has 0 bridgehead atoms. The topological polar surface area (TPSA) is 105 Å². The van der Waals surface area contributed by atoms with E-state index in [1.165, 1.54) is 20.1 Å². The molecule has 2 aromatic rings. The average Bonchev–Trinajstić information content (AvgIpc) is 3.15. The van der Waals surface area contributed by atoms with Crippen LogP contribution in [-0.4, -0.2) is 39.9 Å². The van der Waals surface area contributed by atoms with Crippen molar-refractivity contribution in [2.75, 3.05) is 23.9 Å². The third-order valence-corrected chi connectivity index (χ3v) is 6.92. The Labute approximate surface area is 189 Å². The SMILES string of the molecule is COc1ccc(C)cc1NC(=O)[C@@H](NS(=O)(=O)c1ccc2c(c1)CCN2C(C)=O)C(C)C. The number of ether oxygens (including phenoxy) is 1. The Balaban J connectivity index is 1.83. The summed E-state index contributed by atoms with van der Waals surface area (Å²) in [7, 11) is -2.47. The standard InChI is InChI=1S/C23H29N3O5S/c1-14(2)22(23(28)24-19-12-15(3)6-9-21(19)31-5)25-32(29,30)18-7-8-20-17(13-18)10-11-26(20)16(4)27/h6-9,12-14,22,25H,10-11H2,1-5H3,(H,24,28)/t22-/m0/s1. The average molecular weight is 460 g/mol. The van der Waals surface area contributed by atoms with Crippen molar-refractivity contribution in [2.45, 2.75) is 45.1 Å². The number of methoxy groups -OCH3 is 1. The zero-order valence-electron chi connectivity index (χ0n) is 18.9. The zero-order chi connectivity index (χ0) is 23.6. The summed E-state index contributed by atoms with van der Waals surface area (Å²) in [5, 5.41) is 2.78. The van der Waals surface area contributed by atoms with Crippen LogP contribution in [-0.2, 0) is 26.0 Å². The molecule has 0 aromatic heterocycles. The Morgan fingerprint density at radius 1 is 1.12 bits per heavy atom. The maximum Gasteiger partial charge on any atom is 0.242 e. The van der Waals surface area contributed by atoms with Gasteiger partial charge in [0.2, 0.25) is 21.8 Å². The Morgan fingerprint density at radius 2 is 1.84 bits per heavy atom. The molecule has 0 aliphatic carbocycles. The van der Waals surface area contributed by atoms with E-state index in [0.717, 1.165) is 16.8 Å². The first-order chi connectivity index (χ1) is 15.0. The van der Waals surface area contributed by atoms with Crippen molar-refractivity contribution in [1.82, 2.24) is 4.72 Å². The van der Waals surface area contributed by atoms with Gasteiger partial charge in [0, 0.05) is 19.2 Å². The van der Waals surface area contributed by atoms with E-state index in [0.29, 0.717) is 24.4 Å². The van der Waals surface area contributed by atoms with E-state index in [4.69, 9.17) is 4.74 Å². The number of aryl methyl sites for hydroxylation is 1. The second kappa shape index (κ2) is 9.30. The van der Waals surface area contributed by atoms with Crippen LogP contribution in [0.15, 0.2) is 41.3 Å². The monoisotopic (exact) mass is 459 g/mol. The second-order valence-corrected chi connectivity index (χ2v) is 9.96. The van der Waals surface area contributed by atoms with Gasteiger partial charge in [-0.2, -0.15) is 4.72 Å². The fourth-order valence-electron chi connectivity index (χ4n) is 3.73. The summed E-state index contributed by atoms with van der Waals surface area (Å²) in [6, 6.07) is 9.05. The van der Waals surface area contributed by atoms with Gasteiger partial charge in [0.15, 0.2) is 0 Å². The lowest BCUT2D eigenvalue weighted by molar-refractivity contribution is -0.118. The van der Waals surface area contributed by atoms with Crippen molar-refractivity contribution in [3.05, 3.63) is 47.5 Å². The number of benzene rings is 2. The number of amides is 2. The number of hydrogen-bond acceptors (Lipinski definition) is 5. The van der Waals surface area contributed by atoms with Crippen LogP contribution >= 0.6 is 0 Å². The van der Waals surface area contributed by atoms with Crippen molar-refractivity contribution < 1.29 is 22.7 Å². The van der Waals surface area contributed by atoms with Crippen LogP contribution in [0.4, 0.5) is 11.4 Å². The second-order valence-electron chi connectivity index (χ2n) is 8.25. The molecule has 0 fully saturated rings. The Hall–Kier alpha value is -2.91. The van der Waals surface area contributed by atoms with Crippen LogP contribution in [0, 0.1) is 12.8 Å². The highest BCUT2D eigenvalue weighted by Crippen LogP contribution is 2.30. The van der Waals surface area contributed by atoms with Gasteiger partial charge in [0.05, 0.1) is 17.7 Å². The van der Waals surface area contributed by atoms with Crippen LogP contribution in [0.2, 0.25) is 0 Å². The first-order valence-electron chi connectivity index (χ1n) is 10.4. The normalized spacial score (nSPS) is 14.2. The Morgan fingerprint density at radius 3 is 2.47 bits per heavy atom. The number of anilines is 2. The molecule has 0 saturated heterocycles. The molecule has 2 aromatic carbocycles. The molecule has 0 saturated carbocycles. The van der Waals surface area contributed by atoms with Crippen LogP contribution in [0.5, 0.6) is 5.75 Å². The maximum atomic E-state index is 13.1. The number of hydrogen-bond donors (Lipinski definition) is 2. The van der Waals surface area contributed by atoms with Gasteiger partial charge in [-0.15, -0.1) is 0 Å². The molecule has 32 heavy (non-hydrogen) atoms. The number of fused-ring (bicyclic) bond motifs is 1. The highest BCUT2D eigenvalue weighted by Gasteiger charge is 2.30. The molecule has 0 spiro atoms. The Kier molecular flexibility index (Phi) is 6.90. The number of sulfonamides is 1. The van der Waals surface area contributed by atoms with Crippen LogP contribution < -0.4 is 19.7 Å². The maximum absolute atomic E-state index is 13.1. The molecule has 2 amide bonds. The van der Waals surface area contributed by atoms with Crippen molar-refractivity contribution >= 4 is 33.2 Å². The van der Waals surface area contributed by atoms with Gasteiger partial charge in [-0.25, -0.2) is 8.42 Å². The summed E-state index contributed by atoms with van der Waals surface area (Å²) < 4.78 is 34.0. The summed E-state index contributed by atoms with van der Waals surface area (Å²) in [4.78, 5) is 26.4. The summed E-state index contributed by atoms with van der Waals surface area (Å²) >= 11 is 0. The third-order valence-electron chi connectivity index (χ3n) is 5.48. The third kappa shape index (κ3) is 4.94. The fraction of sp³-hybridized carbons (Fsp3) is 0.391. The zero-order valence-corrected chi connectivity index (χ0v) is 19.7. The summed E-state index contributed by atoms with van der Waals surface area (Å²) in [5.41, 5.74) is 2.92. The van der Waals surface area contributed by atoms with E-state index < -0.39 is 22.0 Å². The fourth-order valence-corrected chi connectivity index (χ4v) is 5.12. The van der Waals surface area contributed by atoms with Gasteiger partial charge in [-0.3, -0.25) is 9.59 Å². The van der Waals surface area contributed by atoms with E-state index >= 15 is 0 Å². The molecule has 1 aliphatic rings. The smallest absolute Gasteiger partial charge is 0.242 e. The van der Waals surface area contributed by atoms with Gasteiger partial charge < -0.3 is 15.0 Å². The molecule has 1 heterocycles. The summed E-state index contributed by atoms with van der Waals surface area (Å²) in [6.07, 6.45) is 0.583. The minimum Gasteiger partial charge on any atom is -0.495 e. The van der Waals surface area contributed by atoms with E-state index in [2.05, 4.69) is 10.0 Å². The van der Waals surface area contributed by atoms with Crippen molar-refractivity contribution in [2.24, 2.45) is 5.92 Å². The van der Waals surface area contributed by atoms with E-state index in [9.17, 15) is 18.0 Å². The Bertz CT molecular complexity index is 1140. The quantitative estimate of drug-likeness (QED) is 0.663. The van der Waals surface area contributed by atoms with Crippen molar-refractivity contribution in [3.8, 4) is 5.75 Å². The van der Waals surface area contributed by atoms with Crippen LogP contribution in [0.1, 0.15) is 31.9 Å². The number of nitrogens with one attached hydrogen (secondary N) is 2. The first-order valence-corrected chi connectivity index (χ1v) is 11.9. The predicted octanol–water partition coefficient (Wildman–Crippen LogP) is 2.85. The lowest BCUT2D eigenvalue weighted by Crippen LogP contribution is -2.47. The minimum absolute atomic E-state index is 0.0632. The molecule has 8 nitrogen and oxygen atoms in total. The summed E-state index contributed by atoms with van der Waals surface area (Å²) in [5.74, 6) is -0.372. The molecule has 0 unspecified atom stereocenters.